The third-order valence-electron chi connectivity index (χ3n) is 8.37. The zero-order valence-corrected chi connectivity index (χ0v) is 48.5. The van der Waals surface area contributed by atoms with Crippen LogP contribution in [0.4, 0.5) is 36.4 Å². The molecule has 6 N–H and O–H groups in total. The zero-order chi connectivity index (χ0) is 58.9. The van der Waals surface area contributed by atoms with Crippen LogP contribution in [0.3, 0.4) is 0 Å². The second-order valence-corrected chi connectivity index (χ2v) is 23.8. The van der Waals surface area contributed by atoms with E-state index in [1.807, 2.05) is 59.0 Å². The number of aliphatic carboxylic acids is 1. The van der Waals surface area contributed by atoms with Crippen molar-refractivity contribution in [3.8, 4) is 11.5 Å². The standard InChI is InChI=1S/C15H10ClF3N2O6S.C15H22ClNO2.C9H16ClN5.C3H8NO5P.C3H9S/c1-28(25,26)20-14(22)10-7-9(3-4-12(10)21(23)24)27-13-5-2-8(6-11(13)16)15(17,18)19;1-5-13-8-6-7-11(2)15(13)17(14(18)9-16)12(3)10-19-4;1-5-11-7-12-6(10)13-8(14-7)15-9(2,3)4;5-3(6)1-4-2-10(7,8)9;1-4(2)3/h2-7H,1H3,(H,20,22);6-8,12H,5,9-10H2,1-4H3;5H2,1-4H3,(H2,11,12,13,14,15);4H,1-2H2,(H,5,6)(H2,7,8,9);1-3H3/q;;;;+1/p-1. The van der Waals surface area contributed by atoms with Crippen molar-refractivity contribution in [2.45, 2.75) is 72.6 Å². The molecule has 2 unspecified atom stereocenters. The third kappa shape index (κ3) is 29.4. The minimum atomic E-state index is -4.62. The number of para-hydroxylation sites is 1. The molecule has 76 heavy (non-hydrogen) atoms. The number of carboxylic acids is 1. The number of benzene rings is 3. The van der Waals surface area contributed by atoms with Gasteiger partial charge in [0, 0.05) is 31.3 Å². The normalized spacial score (nSPS) is 12.2. The van der Waals surface area contributed by atoms with E-state index in [1.165, 1.54) is 0 Å². The maximum Gasteiger partial charge on any atom is 0.416 e. The summed E-state index contributed by atoms with van der Waals surface area (Å²) in [6.45, 7) is 14.9. The molecule has 426 valence electrons. The zero-order valence-electron chi connectivity index (χ0n) is 43.7. The molecule has 0 aliphatic carbocycles. The fourth-order valence-electron chi connectivity index (χ4n) is 5.63. The molecule has 0 aliphatic heterocycles. The number of hydrogen-bond donors (Lipinski definition) is 6. The lowest BCUT2D eigenvalue weighted by Crippen LogP contribution is -2.43. The number of sulfonamides is 1. The number of carbonyl (C=O) groups is 3. The van der Waals surface area contributed by atoms with Crippen LogP contribution in [0.2, 0.25) is 10.3 Å². The highest BCUT2D eigenvalue weighted by Gasteiger charge is 2.31. The highest BCUT2D eigenvalue weighted by Crippen LogP contribution is 2.37. The van der Waals surface area contributed by atoms with Crippen LogP contribution in [0.25, 0.3) is 0 Å². The average molecular weight is 1200 g/mol. The number of aryl methyl sites for hydroxylation is 2. The van der Waals surface area contributed by atoms with Crippen molar-refractivity contribution in [3.63, 3.8) is 0 Å². The SMILES string of the molecule is CCNc1nc(Cl)nc(NC(C)(C)C)n1.CCc1cccc(C)c1N(C(=O)CCl)C(C)COC.CS(=O)(=O)NC(=O)c1cc(Oc2ccc(C(F)(F)F)cc2Cl)ccc1[N+](=O)[O-].C[S+](C)C.O=C(O)CNCP(=O)([O-])O. The minimum absolute atomic E-state index is 0.0223. The van der Waals surface area contributed by atoms with Crippen molar-refractivity contribution < 1.29 is 69.8 Å². The van der Waals surface area contributed by atoms with Crippen molar-refractivity contribution in [1.82, 2.24) is 25.0 Å². The molecule has 0 aliphatic rings. The number of anilines is 3. The Labute approximate surface area is 457 Å². The van der Waals surface area contributed by atoms with Crippen LogP contribution >= 0.6 is 42.4 Å². The predicted molar refractivity (Wildman–Crippen MR) is 290 cm³/mol. The monoisotopic (exact) mass is 1200 g/mol. The number of nitro benzene ring substituents is 1. The van der Waals surface area contributed by atoms with Crippen LogP contribution in [0, 0.1) is 17.0 Å². The maximum atomic E-state index is 12.7. The van der Waals surface area contributed by atoms with E-state index >= 15 is 0 Å². The van der Waals surface area contributed by atoms with Gasteiger partial charge in [-0.05, 0) is 106 Å². The van der Waals surface area contributed by atoms with Gasteiger partial charge in [-0.15, -0.1) is 11.6 Å². The number of nitrogens with one attached hydrogen (secondary N) is 4. The van der Waals surface area contributed by atoms with Crippen molar-refractivity contribution in [1.29, 1.82) is 0 Å². The summed E-state index contributed by atoms with van der Waals surface area (Å²) in [6, 6.07) is 11.1. The molecular weight excluding hydrogens is 1130 g/mol. The van der Waals surface area contributed by atoms with Gasteiger partial charge in [-0.2, -0.15) is 28.1 Å². The lowest BCUT2D eigenvalue weighted by molar-refractivity contribution is -0.385. The van der Waals surface area contributed by atoms with E-state index in [-0.39, 0.29) is 40.2 Å². The van der Waals surface area contributed by atoms with Gasteiger partial charge in [0.25, 0.3) is 11.6 Å². The van der Waals surface area contributed by atoms with E-state index in [0.29, 0.717) is 47.8 Å². The molecule has 4 aromatic rings. The van der Waals surface area contributed by atoms with Gasteiger partial charge in [-0.3, -0.25) is 29.8 Å². The highest BCUT2D eigenvalue weighted by molar-refractivity contribution is 7.94. The van der Waals surface area contributed by atoms with E-state index in [2.05, 4.69) is 57.3 Å². The summed E-state index contributed by atoms with van der Waals surface area (Å²) in [5.74, 6) is -1.99. The fraction of sp³-hybridized carbons (Fsp3) is 0.467. The minimum Gasteiger partial charge on any atom is -0.778 e. The first-order chi connectivity index (χ1) is 34.9. The Hall–Kier alpha value is -5.09. The summed E-state index contributed by atoms with van der Waals surface area (Å²) in [5, 5.41) is 26.9. The molecule has 0 radical (unpaired) electrons. The molecule has 1 heterocycles. The third-order valence-corrected chi connectivity index (χ3v) is 10.2. The summed E-state index contributed by atoms with van der Waals surface area (Å²) in [7, 11) is -6.07. The Morgan fingerprint density at radius 2 is 1.59 bits per heavy atom. The predicted octanol–water partition coefficient (Wildman–Crippen LogP) is 7.74. The summed E-state index contributed by atoms with van der Waals surface area (Å²) < 4.78 is 82.4. The smallest absolute Gasteiger partial charge is 0.416 e. The van der Waals surface area contributed by atoms with Gasteiger partial charge in [0.1, 0.15) is 30.5 Å². The largest absolute Gasteiger partial charge is 0.778 e. The number of alkyl halides is 4. The van der Waals surface area contributed by atoms with E-state index in [1.54, 1.807) is 16.7 Å². The van der Waals surface area contributed by atoms with Crippen LogP contribution in [0.15, 0.2) is 54.6 Å². The second kappa shape index (κ2) is 33.3. The Morgan fingerprint density at radius 3 is 2.05 bits per heavy atom. The molecule has 0 fully saturated rings. The van der Waals surface area contributed by atoms with E-state index < -0.39 is 75.3 Å². The number of nitro groups is 1. The quantitative estimate of drug-likeness (QED) is 0.0182. The molecule has 0 saturated heterocycles. The lowest BCUT2D eigenvalue weighted by atomic mass is 10.0. The number of halogens is 6. The van der Waals surface area contributed by atoms with Gasteiger partial charge >= 0.3 is 12.1 Å². The number of nitrogens with zero attached hydrogens (tertiary/aromatic N) is 5. The number of hydrogen-bond acceptors (Lipinski definition) is 17. The van der Waals surface area contributed by atoms with Crippen LogP contribution in [0.5, 0.6) is 11.5 Å². The number of amides is 2. The first-order valence-electron chi connectivity index (χ1n) is 22.1. The molecule has 0 spiro atoms. The van der Waals surface area contributed by atoms with Gasteiger partial charge in [0.2, 0.25) is 33.1 Å². The molecule has 2 atom stereocenters. The van der Waals surface area contributed by atoms with Crippen molar-refractivity contribution in [2.24, 2.45) is 0 Å². The van der Waals surface area contributed by atoms with Crippen LogP contribution < -0.4 is 35.2 Å². The van der Waals surface area contributed by atoms with Gasteiger partial charge in [0.15, 0.2) is 0 Å². The number of rotatable bonds is 18. The lowest BCUT2D eigenvalue weighted by Gasteiger charge is -2.31. The molecule has 2 amide bonds. The van der Waals surface area contributed by atoms with Crippen molar-refractivity contribution in [2.75, 3.05) is 79.5 Å². The number of aromatic nitrogens is 3. The van der Waals surface area contributed by atoms with Crippen molar-refractivity contribution >= 4 is 104 Å². The van der Waals surface area contributed by atoms with Gasteiger partial charge in [-0.25, -0.2) is 13.1 Å². The first kappa shape index (κ1) is 70.9. The molecule has 4 rings (SSSR count). The van der Waals surface area contributed by atoms with Gasteiger partial charge in [0.05, 0.1) is 71.7 Å². The highest BCUT2D eigenvalue weighted by atomic mass is 35.5. The molecule has 0 bridgehead atoms. The summed E-state index contributed by atoms with van der Waals surface area (Å²) in [4.78, 5) is 76.0. The summed E-state index contributed by atoms with van der Waals surface area (Å²) in [6.07, 6.45) is 2.81. The van der Waals surface area contributed by atoms with E-state index in [4.69, 9.17) is 54.3 Å². The molecular formula is C45H64Cl3F3N9O13PS2. The summed E-state index contributed by atoms with van der Waals surface area (Å²) >= 11 is 17.3. The number of ether oxygens (including phenoxy) is 2. The number of carboxylic acid groups (broad SMARTS) is 1. The Balaban J connectivity index is 0.00000102. The molecule has 31 heteroatoms. The number of carbonyl (C=O) groups excluding carboxylic acids is 2. The molecule has 0 saturated carbocycles. The Bertz CT molecular complexity index is 2710. The van der Waals surface area contributed by atoms with Crippen molar-refractivity contribution in [3.05, 3.63) is 97.3 Å². The molecule has 3 aromatic carbocycles. The first-order valence-corrected chi connectivity index (χ1v) is 29.5. The van der Waals surface area contributed by atoms with Crippen LogP contribution in [-0.4, -0.2) is 132 Å². The maximum absolute atomic E-state index is 12.7. The van der Waals surface area contributed by atoms with E-state index in [9.17, 15) is 55.5 Å². The Kier molecular flexibility index (Phi) is 31.0. The molecule has 22 nitrogen and oxygen atoms in total. The second-order valence-electron chi connectivity index (χ2n) is 17.0. The number of methoxy groups -OCH3 is 1. The van der Waals surface area contributed by atoms with Crippen LogP contribution in [0.1, 0.15) is 68.6 Å². The van der Waals surface area contributed by atoms with Crippen LogP contribution in [-0.2, 0) is 52.4 Å². The topological polar surface area (TPSA) is 318 Å². The fourth-order valence-corrected chi connectivity index (χ4v) is 6.98. The van der Waals surface area contributed by atoms with E-state index in [0.717, 1.165) is 54.0 Å². The van der Waals surface area contributed by atoms with Gasteiger partial charge < -0.3 is 44.5 Å². The van der Waals surface area contributed by atoms with Gasteiger partial charge in [-0.1, -0.05) is 36.7 Å². The average Bonchev–Trinajstić information content (AvgIpc) is 3.26. The Morgan fingerprint density at radius 1 is 1.00 bits per heavy atom. The summed E-state index contributed by atoms with van der Waals surface area (Å²) in [5.41, 5.74) is 0.765. The molecule has 1 aromatic heterocycles.